The molecule has 0 aliphatic heterocycles. The van der Waals surface area contributed by atoms with Crippen molar-refractivity contribution in [2.24, 2.45) is 0 Å². The molecule has 0 saturated carbocycles. The summed E-state index contributed by atoms with van der Waals surface area (Å²) in [5.74, 6) is 0. The van der Waals surface area contributed by atoms with Crippen LogP contribution in [-0.4, -0.2) is 66.3 Å². The molecule has 0 atom stereocenters. The minimum Gasteiger partial charge on any atom is -0.465 e. The first-order valence-electron chi connectivity index (χ1n) is 9.09. The monoisotopic (exact) mass is 404 g/mol. The Kier molecular flexibility index (Phi) is 9.57. The molecule has 0 saturated heterocycles. The maximum Gasteiger partial charge on any atom is 0.416 e. The van der Waals surface area contributed by atoms with Crippen LogP contribution in [0.25, 0.3) is 0 Å². The lowest BCUT2D eigenvalue weighted by Gasteiger charge is -2.25. The number of carbonyl (C=O) groups excluding carboxylic acids is 1. The average Bonchev–Trinajstić information content (AvgIpc) is 2.63. The number of alkyl halides is 3. The number of nitrogens with zero attached hydrogens (tertiary/aromatic N) is 2. The molecule has 3 amide bonds. The zero-order chi connectivity index (χ0) is 21.2. The van der Waals surface area contributed by atoms with E-state index in [1.165, 1.54) is 17.0 Å². The quantitative estimate of drug-likeness (QED) is 0.557. The highest BCUT2D eigenvalue weighted by atomic mass is 19.4. The molecule has 0 bridgehead atoms. The lowest BCUT2D eigenvalue weighted by atomic mass is 10.2. The van der Waals surface area contributed by atoms with Gasteiger partial charge in [0.15, 0.2) is 0 Å². The second-order valence-corrected chi connectivity index (χ2v) is 6.10. The molecule has 0 fully saturated rings. The van der Waals surface area contributed by atoms with E-state index in [0.717, 1.165) is 31.8 Å². The van der Waals surface area contributed by atoms with Crippen LogP contribution in [0.4, 0.5) is 28.4 Å². The molecular weight excluding hydrogens is 377 g/mol. The normalized spacial score (nSPS) is 11.4. The Morgan fingerprint density at radius 3 is 2.14 bits per heavy atom. The van der Waals surface area contributed by atoms with E-state index in [2.05, 4.69) is 15.5 Å². The molecule has 0 aromatic heterocycles. The van der Waals surface area contributed by atoms with Crippen LogP contribution in [0.2, 0.25) is 0 Å². The summed E-state index contributed by atoms with van der Waals surface area (Å²) >= 11 is 0. The lowest BCUT2D eigenvalue weighted by molar-refractivity contribution is -0.137. The summed E-state index contributed by atoms with van der Waals surface area (Å²) in [4.78, 5) is 26.7. The smallest absolute Gasteiger partial charge is 0.416 e. The third-order valence-corrected chi connectivity index (χ3v) is 4.21. The lowest BCUT2D eigenvalue weighted by Crippen LogP contribution is -2.42. The van der Waals surface area contributed by atoms with Crippen LogP contribution in [0.1, 0.15) is 25.8 Å². The predicted molar refractivity (Wildman–Crippen MR) is 100 cm³/mol. The van der Waals surface area contributed by atoms with Crippen molar-refractivity contribution < 1.29 is 27.9 Å². The Balaban J connectivity index is 2.69. The van der Waals surface area contributed by atoms with Gasteiger partial charge in [0, 0.05) is 25.3 Å². The van der Waals surface area contributed by atoms with Gasteiger partial charge in [-0.25, -0.2) is 9.59 Å². The molecule has 28 heavy (non-hydrogen) atoms. The Hall–Kier alpha value is -2.49. The molecule has 7 nitrogen and oxygen atoms in total. The fourth-order valence-corrected chi connectivity index (χ4v) is 2.58. The summed E-state index contributed by atoms with van der Waals surface area (Å²) < 4.78 is 37.9. The van der Waals surface area contributed by atoms with Gasteiger partial charge < -0.3 is 25.5 Å². The minimum atomic E-state index is -4.44. The molecule has 0 radical (unpaired) electrons. The maximum atomic E-state index is 12.6. The summed E-state index contributed by atoms with van der Waals surface area (Å²) in [5.41, 5.74) is -0.565. The Bertz CT molecular complexity index is 619. The molecule has 0 heterocycles. The standard InChI is InChI=1S/C18H27F3N4O3/c1-3-24(4-2)11-5-12-25(13-10-22-17(27)28)16(26)23-15-8-6-14(7-9-15)18(19,20)21/h6-9,22H,3-5,10-13H2,1-2H3,(H,23,26)(H,27,28). The number of carboxylic acid groups (broad SMARTS) is 1. The fraction of sp³-hybridized carbons (Fsp3) is 0.556. The first-order chi connectivity index (χ1) is 13.2. The second-order valence-electron chi connectivity index (χ2n) is 6.10. The molecular formula is C18H27F3N4O3. The van der Waals surface area contributed by atoms with Crippen LogP contribution in [0.5, 0.6) is 0 Å². The van der Waals surface area contributed by atoms with Crippen molar-refractivity contribution >= 4 is 17.8 Å². The van der Waals surface area contributed by atoms with Gasteiger partial charge in [0.05, 0.1) is 5.56 Å². The summed E-state index contributed by atoms with van der Waals surface area (Å²) in [7, 11) is 0. The average molecular weight is 404 g/mol. The first-order valence-corrected chi connectivity index (χ1v) is 9.09. The predicted octanol–water partition coefficient (Wildman–Crippen LogP) is 3.54. The van der Waals surface area contributed by atoms with Crippen LogP contribution in [0.3, 0.4) is 0 Å². The van der Waals surface area contributed by atoms with Crippen molar-refractivity contribution in [3.05, 3.63) is 29.8 Å². The molecule has 3 N–H and O–H groups in total. The van der Waals surface area contributed by atoms with Gasteiger partial charge in [0.1, 0.15) is 0 Å². The first kappa shape index (κ1) is 23.5. The number of hydrogen-bond donors (Lipinski definition) is 3. The van der Waals surface area contributed by atoms with E-state index in [-0.39, 0.29) is 18.8 Å². The third-order valence-electron chi connectivity index (χ3n) is 4.21. The van der Waals surface area contributed by atoms with Gasteiger partial charge in [-0.05, 0) is 50.3 Å². The fourth-order valence-electron chi connectivity index (χ4n) is 2.58. The zero-order valence-electron chi connectivity index (χ0n) is 16.1. The number of rotatable bonds is 10. The van der Waals surface area contributed by atoms with Crippen molar-refractivity contribution in [2.75, 3.05) is 44.6 Å². The second kappa shape index (κ2) is 11.4. The van der Waals surface area contributed by atoms with E-state index in [1.54, 1.807) is 0 Å². The van der Waals surface area contributed by atoms with Crippen LogP contribution in [0, 0.1) is 0 Å². The van der Waals surface area contributed by atoms with Crippen molar-refractivity contribution in [1.82, 2.24) is 15.1 Å². The van der Waals surface area contributed by atoms with E-state index in [9.17, 15) is 22.8 Å². The van der Waals surface area contributed by atoms with E-state index in [0.29, 0.717) is 13.0 Å². The maximum absolute atomic E-state index is 12.6. The number of urea groups is 1. The highest BCUT2D eigenvalue weighted by Gasteiger charge is 2.30. The van der Waals surface area contributed by atoms with Crippen LogP contribution >= 0.6 is 0 Å². The van der Waals surface area contributed by atoms with Crippen LogP contribution in [-0.2, 0) is 6.18 Å². The molecule has 158 valence electrons. The zero-order valence-corrected chi connectivity index (χ0v) is 16.1. The third kappa shape index (κ3) is 8.47. The number of hydrogen-bond acceptors (Lipinski definition) is 3. The van der Waals surface area contributed by atoms with Crippen molar-refractivity contribution in [3.63, 3.8) is 0 Å². The van der Waals surface area contributed by atoms with Gasteiger partial charge in [-0.3, -0.25) is 0 Å². The van der Waals surface area contributed by atoms with E-state index >= 15 is 0 Å². The molecule has 0 aliphatic rings. The summed E-state index contributed by atoms with van der Waals surface area (Å²) in [6, 6.07) is 3.67. The molecule has 1 rings (SSSR count). The highest BCUT2D eigenvalue weighted by molar-refractivity contribution is 5.89. The largest absolute Gasteiger partial charge is 0.465 e. The van der Waals surface area contributed by atoms with Crippen molar-refractivity contribution in [3.8, 4) is 0 Å². The SMILES string of the molecule is CCN(CC)CCCN(CCNC(=O)O)C(=O)Nc1ccc(C(F)(F)F)cc1. The number of carbonyl (C=O) groups is 2. The van der Waals surface area contributed by atoms with Gasteiger partial charge in [-0.15, -0.1) is 0 Å². The van der Waals surface area contributed by atoms with Gasteiger partial charge in [0.25, 0.3) is 0 Å². The molecule has 10 heteroatoms. The number of halogens is 3. The van der Waals surface area contributed by atoms with E-state index in [4.69, 9.17) is 5.11 Å². The minimum absolute atomic E-state index is 0.0566. The van der Waals surface area contributed by atoms with Gasteiger partial charge in [-0.1, -0.05) is 13.8 Å². The Morgan fingerprint density at radius 1 is 1.04 bits per heavy atom. The van der Waals surface area contributed by atoms with E-state index in [1.807, 2.05) is 13.8 Å². The number of nitrogens with one attached hydrogen (secondary N) is 2. The number of benzene rings is 1. The molecule has 1 aromatic rings. The number of anilines is 1. The van der Waals surface area contributed by atoms with Gasteiger partial charge in [0.2, 0.25) is 0 Å². The Morgan fingerprint density at radius 2 is 1.64 bits per heavy atom. The number of amides is 3. The summed E-state index contributed by atoms with van der Waals surface area (Å²) in [6.45, 7) is 7.22. The molecule has 1 aromatic carbocycles. The van der Waals surface area contributed by atoms with Gasteiger partial charge in [-0.2, -0.15) is 13.2 Å². The summed E-state index contributed by atoms with van der Waals surface area (Å²) in [5, 5.41) is 13.4. The molecule has 0 spiro atoms. The van der Waals surface area contributed by atoms with E-state index < -0.39 is 23.9 Å². The van der Waals surface area contributed by atoms with Crippen LogP contribution < -0.4 is 10.6 Å². The highest BCUT2D eigenvalue weighted by Crippen LogP contribution is 2.29. The molecule has 0 aliphatic carbocycles. The van der Waals surface area contributed by atoms with Crippen LogP contribution in [0.15, 0.2) is 24.3 Å². The topological polar surface area (TPSA) is 84.9 Å². The molecule has 0 unspecified atom stereocenters. The van der Waals surface area contributed by atoms with Crippen molar-refractivity contribution in [1.29, 1.82) is 0 Å². The summed E-state index contributed by atoms with van der Waals surface area (Å²) in [6.07, 6.45) is -4.94. The van der Waals surface area contributed by atoms with Crippen molar-refractivity contribution in [2.45, 2.75) is 26.4 Å². The Labute approximate surface area is 162 Å². The van der Waals surface area contributed by atoms with Gasteiger partial charge >= 0.3 is 18.3 Å².